The Morgan fingerprint density at radius 2 is 1.96 bits per heavy atom. The first-order chi connectivity index (χ1) is 10.7. The second-order valence-corrected chi connectivity index (χ2v) is 7.52. The summed E-state index contributed by atoms with van der Waals surface area (Å²) < 4.78 is 66.3. The van der Waals surface area contributed by atoms with E-state index in [1.54, 1.807) is 0 Å². The van der Waals surface area contributed by atoms with E-state index in [1.807, 2.05) is 6.92 Å². The van der Waals surface area contributed by atoms with Crippen LogP contribution >= 0.6 is 0 Å². The van der Waals surface area contributed by atoms with Gasteiger partial charge in [-0.2, -0.15) is 13.2 Å². The monoisotopic (exact) mass is 350 g/mol. The van der Waals surface area contributed by atoms with Crippen molar-refractivity contribution in [3.63, 3.8) is 0 Å². The fourth-order valence-electron chi connectivity index (χ4n) is 2.13. The highest BCUT2D eigenvalue weighted by molar-refractivity contribution is 7.89. The van der Waals surface area contributed by atoms with Crippen LogP contribution in [0.4, 0.5) is 18.9 Å². The van der Waals surface area contributed by atoms with Crippen molar-refractivity contribution >= 4 is 15.7 Å². The van der Waals surface area contributed by atoms with Crippen LogP contribution in [0.5, 0.6) is 0 Å². The van der Waals surface area contributed by atoms with Gasteiger partial charge < -0.3 is 5.32 Å². The fraction of sp³-hybridized carbons (Fsp3) is 0.600. The van der Waals surface area contributed by atoms with E-state index < -0.39 is 26.7 Å². The lowest BCUT2D eigenvalue weighted by Crippen LogP contribution is -2.28. The van der Waals surface area contributed by atoms with Crippen LogP contribution in [0.1, 0.15) is 38.2 Å². The molecule has 1 aromatic carbocycles. The van der Waals surface area contributed by atoms with E-state index in [0.717, 1.165) is 37.8 Å². The summed E-state index contributed by atoms with van der Waals surface area (Å²) >= 11 is 0. The number of anilines is 1. The number of hydrogen-bond donors (Lipinski definition) is 2. The van der Waals surface area contributed by atoms with Gasteiger partial charge in [-0.1, -0.05) is 13.3 Å². The molecule has 1 saturated carbocycles. The predicted molar refractivity (Wildman–Crippen MR) is 82.8 cm³/mol. The van der Waals surface area contributed by atoms with Crippen molar-refractivity contribution in [1.29, 1.82) is 0 Å². The number of unbranched alkanes of at least 4 members (excludes halogenated alkanes) is 1. The third kappa shape index (κ3) is 5.10. The van der Waals surface area contributed by atoms with Gasteiger partial charge in [0.15, 0.2) is 0 Å². The Morgan fingerprint density at radius 3 is 2.52 bits per heavy atom. The minimum Gasteiger partial charge on any atom is -0.385 e. The van der Waals surface area contributed by atoms with Gasteiger partial charge in [-0.05, 0) is 43.4 Å². The molecule has 8 heteroatoms. The minimum atomic E-state index is -4.73. The molecule has 2 N–H and O–H groups in total. The molecule has 0 radical (unpaired) electrons. The molecule has 0 unspecified atom stereocenters. The largest absolute Gasteiger partial charge is 0.417 e. The Kier molecular flexibility index (Phi) is 5.57. The molecular formula is C15H21F3N2O2S. The average molecular weight is 350 g/mol. The Hall–Kier alpha value is -1.28. The molecule has 0 spiro atoms. The van der Waals surface area contributed by atoms with Gasteiger partial charge in [0.05, 0.1) is 10.5 Å². The number of benzene rings is 1. The van der Waals surface area contributed by atoms with Crippen LogP contribution in [0, 0.1) is 5.92 Å². The Labute approximate surface area is 134 Å². The van der Waals surface area contributed by atoms with Crippen molar-refractivity contribution in [3.8, 4) is 0 Å². The van der Waals surface area contributed by atoms with Gasteiger partial charge >= 0.3 is 6.18 Å². The fourth-order valence-corrected chi connectivity index (χ4v) is 3.45. The number of halogens is 3. The summed E-state index contributed by atoms with van der Waals surface area (Å²) in [6, 6.07) is 3.25. The molecule has 0 aliphatic heterocycles. The molecule has 0 atom stereocenters. The van der Waals surface area contributed by atoms with Gasteiger partial charge in [-0.15, -0.1) is 0 Å². The predicted octanol–water partition coefficient (Wildman–Crippen LogP) is 3.61. The second kappa shape index (κ2) is 7.09. The average Bonchev–Trinajstić information content (AvgIpc) is 3.29. The molecule has 0 saturated heterocycles. The summed E-state index contributed by atoms with van der Waals surface area (Å²) in [6.07, 6.45) is -1.17. The van der Waals surface area contributed by atoms with Crippen molar-refractivity contribution in [1.82, 2.24) is 4.72 Å². The van der Waals surface area contributed by atoms with Crippen molar-refractivity contribution in [2.24, 2.45) is 5.92 Å². The zero-order valence-corrected chi connectivity index (χ0v) is 13.7. The Balaban J connectivity index is 2.26. The summed E-state index contributed by atoms with van der Waals surface area (Å²) in [5.41, 5.74) is -0.866. The van der Waals surface area contributed by atoms with E-state index in [2.05, 4.69) is 10.0 Å². The molecule has 130 valence electrons. The quantitative estimate of drug-likeness (QED) is 0.704. The standard InChI is InChI=1S/C15H21F3N2O2S/c1-2-3-8-19-12-6-7-14(13(9-12)15(16,17)18)23(21,22)20-10-11-4-5-11/h6-7,9,11,19-20H,2-5,8,10H2,1H3. The van der Waals surface area contributed by atoms with Gasteiger partial charge in [0.1, 0.15) is 0 Å². The van der Waals surface area contributed by atoms with E-state index in [9.17, 15) is 21.6 Å². The highest BCUT2D eigenvalue weighted by Gasteiger charge is 2.38. The molecule has 0 aromatic heterocycles. The number of hydrogen-bond acceptors (Lipinski definition) is 3. The maximum absolute atomic E-state index is 13.2. The third-order valence-electron chi connectivity index (χ3n) is 3.69. The van der Waals surface area contributed by atoms with Crippen molar-refractivity contribution in [2.75, 3.05) is 18.4 Å². The molecule has 1 aromatic rings. The topological polar surface area (TPSA) is 58.2 Å². The molecule has 0 heterocycles. The molecular weight excluding hydrogens is 329 g/mol. The summed E-state index contributed by atoms with van der Waals surface area (Å²) in [6.45, 7) is 2.71. The zero-order valence-electron chi connectivity index (χ0n) is 12.9. The number of sulfonamides is 1. The lowest BCUT2D eigenvalue weighted by atomic mass is 10.2. The van der Waals surface area contributed by atoms with Gasteiger partial charge in [0.2, 0.25) is 10.0 Å². The second-order valence-electron chi connectivity index (χ2n) is 5.78. The third-order valence-corrected chi connectivity index (χ3v) is 5.17. The van der Waals surface area contributed by atoms with Crippen molar-refractivity contribution in [3.05, 3.63) is 23.8 Å². The number of nitrogens with one attached hydrogen (secondary N) is 2. The van der Waals surface area contributed by atoms with Gasteiger partial charge in [0, 0.05) is 18.8 Å². The van der Waals surface area contributed by atoms with Crippen LogP contribution in [0.25, 0.3) is 0 Å². The highest BCUT2D eigenvalue weighted by Crippen LogP contribution is 2.36. The summed E-state index contributed by atoms with van der Waals surface area (Å²) in [5, 5.41) is 2.88. The van der Waals surface area contributed by atoms with E-state index in [0.29, 0.717) is 6.54 Å². The van der Waals surface area contributed by atoms with Crippen LogP contribution in [0.15, 0.2) is 23.1 Å². The van der Waals surface area contributed by atoms with Gasteiger partial charge in [0.25, 0.3) is 0 Å². The van der Waals surface area contributed by atoms with E-state index in [1.165, 1.54) is 6.07 Å². The Bertz CT molecular complexity index is 641. The number of rotatable bonds is 8. The van der Waals surface area contributed by atoms with Crippen LogP contribution in [0.2, 0.25) is 0 Å². The molecule has 1 aliphatic rings. The number of alkyl halides is 3. The van der Waals surface area contributed by atoms with Crippen LogP contribution < -0.4 is 10.0 Å². The molecule has 1 fully saturated rings. The lowest BCUT2D eigenvalue weighted by molar-refractivity contribution is -0.139. The van der Waals surface area contributed by atoms with E-state index >= 15 is 0 Å². The molecule has 1 aliphatic carbocycles. The smallest absolute Gasteiger partial charge is 0.385 e. The van der Waals surface area contributed by atoms with Gasteiger partial charge in [-0.25, -0.2) is 13.1 Å². The molecule has 0 bridgehead atoms. The SMILES string of the molecule is CCCCNc1ccc(S(=O)(=O)NCC2CC2)c(C(F)(F)F)c1. The zero-order chi connectivity index (χ0) is 17.1. The molecule has 4 nitrogen and oxygen atoms in total. The first kappa shape index (κ1) is 18.1. The van der Waals surface area contributed by atoms with Crippen LogP contribution in [-0.2, 0) is 16.2 Å². The first-order valence-electron chi connectivity index (χ1n) is 7.69. The minimum absolute atomic E-state index is 0.191. The Morgan fingerprint density at radius 1 is 1.26 bits per heavy atom. The molecule has 2 rings (SSSR count). The maximum atomic E-state index is 13.2. The van der Waals surface area contributed by atoms with E-state index in [-0.39, 0.29) is 18.2 Å². The van der Waals surface area contributed by atoms with Crippen molar-refractivity contribution in [2.45, 2.75) is 43.7 Å². The molecule has 23 heavy (non-hydrogen) atoms. The summed E-state index contributed by atoms with van der Waals surface area (Å²) in [7, 11) is -4.17. The molecule has 0 amide bonds. The normalized spacial score (nSPS) is 15.7. The van der Waals surface area contributed by atoms with E-state index in [4.69, 9.17) is 0 Å². The van der Waals surface area contributed by atoms with Gasteiger partial charge in [-0.3, -0.25) is 0 Å². The highest BCUT2D eigenvalue weighted by atomic mass is 32.2. The lowest BCUT2D eigenvalue weighted by Gasteiger charge is -2.16. The summed E-state index contributed by atoms with van der Waals surface area (Å²) in [4.78, 5) is -0.716. The first-order valence-corrected chi connectivity index (χ1v) is 9.17. The summed E-state index contributed by atoms with van der Waals surface area (Å²) in [5.74, 6) is 0.245. The van der Waals surface area contributed by atoms with Crippen molar-refractivity contribution < 1.29 is 21.6 Å². The van der Waals surface area contributed by atoms with Crippen LogP contribution in [-0.4, -0.2) is 21.5 Å². The maximum Gasteiger partial charge on any atom is 0.417 e. The van der Waals surface area contributed by atoms with Crippen LogP contribution in [0.3, 0.4) is 0 Å².